The molecule has 2 fully saturated rings. The standard InChI is InChI=1S/C28H40F4N6O2/c1-27(2)15-19(16-28(3,4)37(27)5)34-24-21(30)17-33-26(36-24)35-18-6-7-22(23(14-18)40-25(31)32)39-20-8-11-38(12-9-20)13-10-29/h6-7,14,17,19-20,25H,8-13,15-16H2,1-5H3,(H2,33,34,35,36). The largest absolute Gasteiger partial charge is 0.486 e. The molecule has 2 aliphatic heterocycles. The van der Waals surface area contributed by atoms with Crippen LogP contribution in [0.2, 0.25) is 0 Å². The number of alkyl halides is 3. The quantitative estimate of drug-likeness (QED) is 0.347. The SMILES string of the molecule is CN1C(C)(C)CC(Nc2nc(Nc3ccc(OC4CCN(CCF)CC4)c(OC(F)F)c3)ncc2F)CC1(C)C. The Morgan fingerprint density at radius 1 is 1.07 bits per heavy atom. The number of hydrogen-bond acceptors (Lipinski definition) is 8. The van der Waals surface area contributed by atoms with Gasteiger partial charge in [0.1, 0.15) is 12.8 Å². The molecule has 2 aromatic rings. The number of benzene rings is 1. The van der Waals surface area contributed by atoms with Crippen LogP contribution < -0.4 is 20.1 Å². The molecule has 8 nitrogen and oxygen atoms in total. The van der Waals surface area contributed by atoms with Gasteiger partial charge in [-0.2, -0.15) is 13.8 Å². The lowest BCUT2D eigenvalue weighted by atomic mass is 9.77. The first-order chi connectivity index (χ1) is 18.9. The molecule has 0 atom stereocenters. The van der Waals surface area contributed by atoms with E-state index in [9.17, 15) is 17.6 Å². The number of aromatic nitrogens is 2. The van der Waals surface area contributed by atoms with Gasteiger partial charge >= 0.3 is 6.61 Å². The van der Waals surface area contributed by atoms with E-state index in [2.05, 4.69) is 60.2 Å². The van der Waals surface area contributed by atoms with Gasteiger partial charge in [-0.3, -0.25) is 4.90 Å². The molecule has 2 saturated heterocycles. The number of rotatable bonds is 10. The van der Waals surface area contributed by atoms with Crippen LogP contribution in [0.25, 0.3) is 0 Å². The maximum Gasteiger partial charge on any atom is 0.387 e. The highest BCUT2D eigenvalue weighted by Crippen LogP contribution is 2.38. The van der Waals surface area contributed by atoms with Crippen LogP contribution in [0.1, 0.15) is 53.4 Å². The Bertz CT molecular complexity index is 1130. The highest BCUT2D eigenvalue weighted by molar-refractivity contribution is 5.60. The third-order valence-electron chi connectivity index (χ3n) is 8.04. The minimum Gasteiger partial charge on any atom is -0.486 e. The molecule has 0 amide bonds. The Morgan fingerprint density at radius 2 is 1.75 bits per heavy atom. The summed E-state index contributed by atoms with van der Waals surface area (Å²) in [5.41, 5.74) is 0.181. The van der Waals surface area contributed by atoms with Crippen LogP contribution in [0, 0.1) is 5.82 Å². The fourth-order valence-corrected chi connectivity index (χ4v) is 5.75. The number of ether oxygens (including phenoxy) is 2. The van der Waals surface area contributed by atoms with E-state index in [1.165, 1.54) is 6.07 Å². The summed E-state index contributed by atoms with van der Waals surface area (Å²) in [6.45, 7) is 6.91. The maximum atomic E-state index is 14.7. The molecule has 2 aliphatic rings. The van der Waals surface area contributed by atoms with Crippen LogP contribution in [-0.4, -0.2) is 83.0 Å². The molecule has 0 unspecified atom stereocenters. The third-order valence-corrected chi connectivity index (χ3v) is 8.04. The van der Waals surface area contributed by atoms with Crippen molar-refractivity contribution in [1.29, 1.82) is 0 Å². The molecule has 12 heteroatoms. The van der Waals surface area contributed by atoms with Crippen LogP contribution in [0.5, 0.6) is 11.5 Å². The molecule has 4 rings (SSSR count). The first-order valence-electron chi connectivity index (χ1n) is 13.7. The lowest BCUT2D eigenvalue weighted by Gasteiger charge is -2.53. The second-order valence-electron chi connectivity index (χ2n) is 11.8. The second kappa shape index (κ2) is 12.3. The number of anilines is 3. The van der Waals surface area contributed by atoms with Gasteiger partial charge in [-0.25, -0.2) is 13.8 Å². The minimum atomic E-state index is -3.05. The van der Waals surface area contributed by atoms with Gasteiger partial charge < -0.3 is 25.0 Å². The van der Waals surface area contributed by atoms with Gasteiger partial charge in [0.15, 0.2) is 23.1 Å². The molecule has 2 N–H and O–H groups in total. The lowest BCUT2D eigenvalue weighted by Crippen LogP contribution is -2.61. The molecule has 3 heterocycles. The van der Waals surface area contributed by atoms with E-state index >= 15 is 0 Å². The van der Waals surface area contributed by atoms with E-state index in [1.54, 1.807) is 12.1 Å². The molecule has 0 saturated carbocycles. The van der Waals surface area contributed by atoms with Gasteiger partial charge in [0.2, 0.25) is 5.95 Å². The molecule has 222 valence electrons. The van der Waals surface area contributed by atoms with Crippen molar-refractivity contribution in [2.75, 3.05) is 44.0 Å². The van der Waals surface area contributed by atoms with Gasteiger partial charge in [0.25, 0.3) is 0 Å². The molecule has 0 aliphatic carbocycles. The van der Waals surface area contributed by atoms with Crippen molar-refractivity contribution in [3.05, 3.63) is 30.2 Å². The van der Waals surface area contributed by atoms with E-state index in [1.807, 2.05) is 4.90 Å². The third kappa shape index (κ3) is 7.45. The summed E-state index contributed by atoms with van der Waals surface area (Å²) in [5.74, 6) is -0.357. The lowest BCUT2D eigenvalue weighted by molar-refractivity contribution is -0.0524. The van der Waals surface area contributed by atoms with Crippen molar-refractivity contribution in [2.45, 2.75) is 83.2 Å². The molecule has 0 radical (unpaired) electrons. The van der Waals surface area contributed by atoms with E-state index in [0.29, 0.717) is 38.2 Å². The predicted molar refractivity (Wildman–Crippen MR) is 147 cm³/mol. The highest BCUT2D eigenvalue weighted by atomic mass is 19.3. The number of nitrogens with zero attached hydrogens (tertiary/aromatic N) is 4. The number of piperidine rings is 2. The summed E-state index contributed by atoms with van der Waals surface area (Å²) in [6, 6.07) is 4.54. The first-order valence-corrected chi connectivity index (χ1v) is 13.7. The normalized spacial score (nSPS) is 20.4. The topological polar surface area (TPSA) is 74.8 Å². The zero-order valence-electron chi connectivity index (χ0n) is 23.8. The van der Waals surface area contributed by atoms with Crippen LogP contribution in [0.4, 0.5) is 35.0 Å². The van der Waals surface area contributed by atoms with E-state index in [-0.39, 0.29) is 46.5 Å². The summed E-state index contributed by atoms with van der Waals surface area (Å²) in [6.07, 6.45) is 3.77. The number of hydrogen-bond donors (Lipinski definition) is 2. The molecular formula is C28H40F4N6O2. The van der Waals surface area contributed by atoms with Crippen molar-refractivity contribution >= 4 is 17.5 Å². The predicted octanol–water partition coefficient (Wildman–Crippen LogP) is 5.84. The molecule has 40 heavy (non-hydrogen) atoms. The van der Waals surface area contributed by atoms with Crippen LogP contribution in [-0.2, 0) is 0 Å². The van der Waals surface area contributed by atoms with Gasteiger partial charge in [-0.05, 0) is 72.6 Å². The Balaban J connectivity index is 1.46. The smallest absolute Gasteiger partial charge is 0.387 e. The Morgan fingerprint density at radius 3 is 2.38 bits per heavy atom. The van der Waals surface area contributed by atoms with Crippen LogP contribution >= 0.6 is 0 Å². The highest BCUT2D eigenvalue weighted by Gasteiger charge is 2.43. The summed E-state index contributed by atoms with van der Waals surface area (Å²) in [5, 5.41) is 6.20. The summed E-state index contributed by atoms with van der Waals surface area (Å²) < 4.78 is 64.5. The Hall–Kier alpha value is -2.86. The Labute approximate surface area is 233 Å². The van der Waals surface area contributed by atoms with Gasteiger partial charge in [-0.15, -0.1) is 0 Å². The molecule has 0 spiro atoms. The zero-order valence-corrected chi connectivity index (χ0v) is 23.8. The van der Waals surface area contributed by atoms with E-state index in [4.69, 9.17) is 9.47 Å². The van der Waals surface area contributed by atoms with Crippen molar-refractivity contribution in [1.82, 2.24) is 19.8 Å². The zero-order chi connectivity index (χ0) is 29.1. The fourth-order valence-electron chi connectivity index (χ4n) is 5.75. The van der Waals surface area contributed by atoms with Crippen molar-refractivity contribution in [2.24, 2.45) is 0 Å². The average molecular weight is 569 g/mol. The summed E-state index contributed by atoms with van der Waals surface area (Å²) >= 11 is 0. The minimum absolute atomic E-state index is 0.00948. The molecule has 1 aromatic heterocycles. The van der Waals surface area contributed by atoms with E-state index < -0.39 is 19.1 Å². The molecular weight excluding hydrogens is 528 g/mol. The first kappa shape index (κ1) is 30.1. The summed E-state index contributed by atoms with van der Waals surface area (Å²) in [7, 11) is 2.10. The maximum absolute atomic E-state index is 14.7. The molecule has 0 bridgehead atoms. The Kier molecular flexibility index (Phi) is 9.29. The van der Waals surface area contributed by atoms with Crippen LogP contribution in [0.3, 0.4) is 0 Å². The van der Waals surface area contributed by atoms with Crippen molar-refractivity contribution in [3.63, 3.8) is 0 Å². The number of nitrogens with one attached hydrogen (secondary N) is 2. The van der Waals surface area contributed by atoms with Gasteiger partial charge in [0.05, 0.1) is 6.20 Å². The second-order valence-corrected chi connectivity index (χ2v) is 11.8. The van der Waals surface area contributed by atoms with E-state index in [0.717, 1.165) is 19.0 Å². The van der Waals surface area contributed by atoms with Gasteiger partial charge in [0, 0.05) is 48.5 Å². The van der Waals surface area contributed by atoms with Crippen molar-refractivity contribution < 1.29 is 27.0 Å². The number of halogens is 4. The summed E-state index contributed by atoms with van der Waals surface area (Å²) in [4.78, 5) is 12.7. The fraction of sp³-hybridized carbons (Fsp3) is 0.643. The van der Waals surface area contributed by atoms with Gasteiger partial charge in [-0.1, -0.05) is 0 Å². The molecule has 1 aromatic carbocycles. The monoisotopic (exact) mass is 568 g/mol. The van der Waals surface area contributed by atoms with Crippen molar-refractivity contribution in [3.8, 4) is 11.5 Å². The number of likely N-dealkylation sites (tertiary alicyclic amines) is 2. The van der Waals surface area contributed by atoms with Crippen LogP contribution in [0.15, 0.2) is 24.4 Å². The average Bonchev–Trinajstić information content (AvgIpc) is 2.87.